The van der Waals surface area contributed by atoms with Crippen LogP contribution < -0.4 is 11.1 Å². The normalized spacial score (nSPS) is 18.5. The van der Waals surface area contributed by atoms with Gasteiger partial charge in [0.15, 0.2) is 12.4 Å². The van der Waals surface area contributed by atoms with Gasteiger partial charge in [0.05, 0.1) is 18.0 Å². The first-order valence-electron chi connectivity index (χ1n) is 9.29. The number of nitrogens with one attached hydrogen (secondary N) is 1. The van der Waals surface area contributed by atoms with Crippen molar-refractivity contribution in [2.24, 2.45) is 11.7 Å². The highest BCUT2D eigenvalue weighted by Gasteiger charge is 2.35. The lowest BCUT2D eigenvalue weighted by Crippen LogP contribution is -2.44. The number of nitriles is 1. The van der Waals surface area contributed by atoms with Crippen LogP contribution in [-0.4, -0.2) is 52.8 Å². The molecule has 3 rings (SSSR count). The monoisotopic (exact) mass is 436 g/mol. The van der Waals surface area contributed by atoms with E-state index in [1.54, 1.807) is 0 Å². The maximum absolute atomic E-state index is 13.1. The molecule has 3 N–H and O–H groups in total. The fourth-order valence-electron chi connectivity index (χ4n) is 3.28. The van der Waals surface area contributed by atoms with E-state index in [0.29, 0.717) is 5.69 Å². The Balaban J connectivity index is 1.77. The SMILES string of the molecule is N#CC1CN(C(=O)OCC(F)F)CCC1n1cc(C(N)=O)c(Nc2ccc(F)cc2)n1. The third-order valence-electron chi connectivity index (χ3n) is 4.78. The molecule has 2 heterocycles. The van der Waals surface area contributed by atoms with E-state index in [1.807, 2.05) is 0 Å². The second kappa shape index (κ2) is 9.38. The third kappa shape index (κ3) is 5.25. The summed E-state index contributed by atoms with van der Waals surface area (Å²) < 4.78 is 43.5. The summed E-state index contributed by atoms with van der Waals surface area (Å²) in [4.78, 5) is 25.0. The smallest absolute Gasteiger partial charge is 0.410 e. The van der Waals surface area contributed by atoms with E-state index in [2.05, 4.69) is 21.2 Å². The van der Waals surface area contributed by atoms with Gasteiger partial charge in [-0.1, -0.05) is 0 Å². The summed E-state index contributed by atoms with van der Waals surface area (Å²) in [7, 11) is 0. The summed E-state index contributed by atoms with van der Waals surface area (Å²) >= 11 is 0. The highest BCUT2D eigenvalue weighted by Crippen LogP contribution is 2.30. The van der Waals surface area contributed by atoms with Crippen LogP contribution in [0.5, 0.6) is 0 Å². The lowest BCUT2D eigenvalue weighted by atomic mass is 9.94. The molecule has 1 aliphatic rings. The largest absolute Gasteiger partial charge is 0.443 e. The number of nitrogens with two attached hydrogens (primary N) is 1. The summed E-state index contributed by atoms with van der Waals surface area (Å²) in [6, 6.07) is 6.97. The highest BCUT2D eigenvalue weighted by molar-refractivity contribution is 5.98. The number of piperidine rings is 1. The number of nitrogens with zero attached hydrogens (tertiary/aromatic N) is 4. The van der Waals surface area contributed by atoms with Crippen molar-refractivity contribution in [3.05, 3.63) is 41.8 Å². The zero-order valence-electron chi connectivity index (χ0n) is 16.2. The van der Waals surface area contributed by atoms with E-state index in [-0.39, 0.29) is 30.9 Å². The molecule has 2 amide bonds. The molecule has 1 fully saturated rings. The molecule has 1 aromatic heterocycles. The highest BCUT2D eigenvalue weighted by atomic mass is 19.3. The van der Waals surface area contributed by atoms with Gasteiger partial charge in [0, 0.05) is 25.0 Å². The van der Waals surface area contributed by atoms with Crippen molar-refractivity contribution in [1.82, 2.24) is 14.7 Å². The van der Waals surface area contributed by atoms with Gasteiger partial charge in [-0.25, -0.2) is 18.0 Å². The number of benzene rings is 1. The van der Waals surface area contributed by atoms with Crippen molar-refractivity contribution in [1.29, 1.82) is 5.26 Å². The van der Waals surface area contributed by atoms with E-state index in [4.69, 9.17) is 5.73 Å². The first-order chi connectivity index (χ1) is 14.8. The molecule has 0 saturated carbocycles. The van der Waals surface area contributed by atoms with Crippen LogP contribution in [0.1, 0.15) is 22.8 Å². The number of amides is 2. The van der Waals surface area contributed by atoms with Crippen LogP contribution in [0, 0.1) is 23.1 Å². The molecule has 31 heavy (non-hydrogen) atoms. The topological polar surface area (TPSA) is 126 Å². The maximum atomic E-state index is 13.1. The molecule has 2 unspecified atom stereocenters. The molecular formula is C19H19F3N6O3. The first-order valence-corrected chi connectivity index (χ1v) is 9.29. The zero-order chi connectivity index (χ0) is 22.5. The number of carbonyl (C=O) groups is 2. The van der Waals surface area contributed by atoms with Gasteiger partial charge in [0.25, 0.3) is 12.3 Å². The summed E-state index contributed by atoms with van der Waals surface area (Å²) in [6.07, 6.45) is -2.03. The quantitative estimate of drug-likeness (QED) is 0.717. The van der Waals surface area contributed by atoms with Crippen molar-refractivity contribution >= 4 is 23.5 Å². The van der Waals surface area contributed by atoms with Crippen LogP contribution in [0.2, 0.25) is 0 Å². The number of aromatic nitrogens is 2. The van der Waals surface area contributed by atoms with E-state index in [1.165, 1.54) is 40.0 Å². The Morgan fingerprint density at radius 3 is 2.68 bits per heavy atom. The minimum Gasteiger partial charge on any atom is -0.443 e. The second-order valence-corrected chi connectivity index (χ2v) is 6.87. The van der Waals surface area contributed by atoms with Crippen LogP contribution in [0.3, 0.4) is 0 Å². The average molecular weight is 436 g/mol. The van der Waals surface area contributed by atoms with Crippen molar-refractivity contribution in [3.8, 4) is 6.07 Å². The van der Waals surface area contributed by atoms with Crippen LogP contribution in [0.15, 0.2) is 30.5 Å². The molecule has 0 bridgehead atoms. The number of hydrogen-bond donors (Lipinski definition) is 2. The zero-order valence-corrected chi connectivity index (χ0v) is 16.2. The van der Waals surface area contributed by atoms with Gasteiger partial charge >= 0.3 is 6.09 Å². The lowest BCUT2D eigenvalue weighted by molar-refractivity contribution is 0.0237. The standard InChI is InChI=1S/C19H19F3N6O3/c20-12-1-3-13(4-2-12)25-18-14(17(24)29)9-28(26-18)15-5-6-27(8-11(15)7-23)19(30)31-10-16(21)22/h1-4,9,11,15-16H,5-6,8,10H2,(H2,24,29)(H,25,26). The van der Waals surface area contributed by atoms with Crippen LogP contribution in [0.25, 0.3) is 0 Å². The maximum Gasteiger partial charge on any atom is 0.410 e. The number of anilines is 2. The average Bonchev–Trinajstić information content (AvgIpc) is 3.17. The molecule has 2 aromatic rings. The van der Waals surface area contributed by atoms with Gasteiger partial charge in [-0.3, -0.25) is 9.48 Å². The molecule has 0 radical (unpaired) electrons. The minimum atomic E-state index is -2.78. The van der Waals surface area contributed by atoms with E-state index in [9.17, 15) is 28.0 Å². The number of carbonyl (C=O) groups excluding carboxylic acids is 2. The minimum absolute atomic E-state index is 0.0459. The number of ether oxygens (including phenoxy) is 1. The Labute approximate surface area is 175 Å². The van der Waals surface area contributed by atoms with Gasteiger partial charge in [0.1, 0.15) is 11.4 Å². The number of alkyl halides is 2. The van der Waals surface area contributed by atoms with E-state index >= 15 is 0 Å². The fraction of sp³-hybridized carbons (Fsp3) is 0.368. The van der Waals surface area contributed by atoms with Crippen molar-refractivity contribution < 1.29 is 27.5 Å². The summed E-state index contributed by atoms with van der Waals surface area (Å²) in [5.74, 6) is -1.78. The van der Waals surface area contributed by atoms with Crippen LogP contribution in [0.4, 0.5) is 29.5 Å². The summed E-state index contributed by atoms with van der Waals surface area (Å²) in [5, 5.41) is 16.8. The lowest BCUT2D eigenvalue weighted by Gasteiger charge is -2.34. The molecular weight excluding hydrogens is 417 g/mol. The van der Waals surface area contributed by atoms with Gasteiger partial charge in [-0.2, -0.15) is 10.4 Å². The van der Waals surface area contributed by atoms with Crippen LogP contribution in [-0.2, 0) is 4.74 Å². The second-order valence-electron chi connectivity index (χ2n) is 6.87. The Hall–Kier alpha value is -3.75. The van der Waals surface area contributed by atoms with E-state index in [0.717, 1.165) is 0 Å². The van der Waals surface area contributed by atoms with Crippen molar-refractivity contribution in [2.45, 2.75) is 18.9 Å². The molecule has 1 aliphatic heterocycles. The summed E-state index contributed by atoms with van der Waals surface area (Å²) in [6.45, 7) is -0.914. The predicted octanol–water partition coefficient (Wildman–Crippen LogP) is 2.65. The molecule has 12 heteroatoms. The number of hydrogen-bond acceptors (Lipinski definition) is 6. The Morgan fingerprint density at radius 1 is 1.35 bits per heavy atom. The summed E-state index contributed by atoms with van der Waals surface area (Å²) in [5.41, 5.74) is 5.98. The molecule has 0 aliphatic carbocycles. The Bertz CT molecular complexity index is 989. The number of likely N-dealkylation sites (tertiary alicyclic amines) is 1. The third-order valence-corrected chi connectivity index (χ3v) is 4.78. The predicted molar refractivity (Wildman–Crippen MR) is 102 cm³/mol. The number of rotatable bonds is 6. The molecule has 1 aromatic carbocycles. The van der Waals surface area contributed by atoms with Crippen molar-refractivity contribution in [3.63, 3.8) is 0 Å². The van der Waals surface area contributed by atoms with Crippen LogP contribution >= 0.6 is 0 Å². The Kier molecular flexibility index (Phi) is 6.64. The van der Waals surface area contributed by atoms with Gasteiger partial charge < -0.3 is 20.7 Å². The van der Waals surface area contributed by atoms with Gasteiger partial charge in [0.2, 0.25) is 0 Å². The van der Waals surface area contributed by atoms with Crippen molar-refractivity contribution in [2.75, 3.05) is 25.0 Å². The molecule has 164 valence electrons. The molecule has 0 spiro atoms. The molecule has 1 saturated heterocycles. The molecule has 2 atom stereocenters. The fourth-order valence-corrected chi connectivity index (χ4v) is 3.28. The van der Waals surface area contributed by atoms with Gasteiger partial charge in [-0.05, 0) is 30.7 Å². The Morgan fingerprint density at radius 2 is 2.06 bits per heavy atom. The first kappa shape index (κ1) is 21.9. The molecule has 9 nitrogen and oxygen atoms in total. The number of primary amides is 1. The van der Waals surface area contributed by atoms with Gasteiger partial charge in [-0.15, -0.1) is 0 Å². The van der Waals surface area contributed by atoms with E-state index < -0.39 is 42.8 Å². The number of halogens is 3.